The van der Waals surface area contributed by atoms with Gasteiger partial charge in [-0.25, -0.2) is 5.01 Å². The summed E-state index contributed by atoms with van der Waals surface area (Å²) in [4.78, 5) is 29.8. The largest absolute Gasteiger partial charge is 0.496 e. The number of thioether (sulfide) groups is 1. The summed E-state index contributed by atoms with van der Waals surface area (Å²) in [5.74, 6) is 0.0793. The number of hydrogen-bond acceptors (Lipinski definition) is 6. The fourth-order valence-electron chi connectivity index (χ4n) is 4.21. The number of carbonyl (C=O) groups is 2. The Balaban J connectivity index is 1.38. The van der Waals surface area contributed by atoms with E-state index in [1.54, 1.807) is 36.4 Å². The molecule has 2 atom stereocenters. The van der Waals surface area contributed by atoms with Crippen LogP contribution in [-0.4, -0.2) is 40.1 Å². The number of nitrogens with one attached hydrogen (secondary N) is 1. The number of methoxy groups -OCH3 is 1. The summed E-state index contributed by atoms with van der Waals surface area (Å²) in [6.07, 6.45) is 0.597. The Morgan fingerprint density at radius 2 is 1.81 bits per heavy atom. The van der Waals surface area contributed by atoms with Gasteiger partial charge in [0.2, 0.25) is 5.91 Å². The molecular formula is C27H23ClN4O3S. The minimum absolute atomic E-state index is 0.0237. The van der Waals surface area contributed by atoms with Gasteiger partial charge in [0.25, 0.3) is 5.91 Å². The zero-order chi connectivity index (χ0) is 25.1. The van der Waals surface area contributed by atoms with Crippen molar-refractivity contribution in [2.75, 3.05) is 12.4 Å². The Hall–Kier alpha value is -3.62. The van der Waals surface area contributed by atoms with E-state index in [9.17, 15) is 9.59 Å². The van der Waals surface area contributed by atoms with Gasteiger partial charge >= 0.3 is 0 Å². The molecule has 0 aliphatic carbocycles. The number of hydrazone groups is 1. The van der Waals surface area contributed by atoms with Crippen LogP contribution in [0.5, 0.6) is 5.75 Å². The molecule has 2 aliphatic heterocycles. The molecule has 0 saturated carbocycles. The number of carbonyl (C=O) groups excluding carboxylic acids is 2. The molecule has 7 nitrogen and oxygen atoms in total. The van der Waals surface area contributed by atoms with Gasteiger partial charge in [-0.1, -0.05) is 84.0 Å². The Labute approximate surface area is 218 Å². The second-order valence-corrected chi connectivity index (χ2v) is 9.87. The van der Waals surface area contributed by atoms with E-state index in [0.29, 0.717) is 22.3 Å². The summed E-state index contributed by atoms with van der Waals surface area (Å²) >= 11 is 7.40. The van der Waals surface area contributed by atoms with E-state index in [-0.39, 0.29) is 24.3 Å². The number of hydrogen-bond donors (Lipinski definition) is 1. The molecule has 3 aromatic rings. The average Bonchev–Trinajstić information content (AvgIpc) is 3.50. The zero-order valence-corrected chi connectivity index (χ0v) is 21.0. The predicted molar refractivity (Wildman–Crippen MR) is 144 cm³/mol. The van der Waals surface area contributed by atoms with Gasteiger partial charge in [0.1, 0.15) is 11.0 Å². The van der Waals surface area contributed by atoms with E-state index in [0.717, 1.165) is 22.6 Å². The molecule has 2 heterocycles. The van der Waals surface area contributed by atoms with E-state index in [2.05, 4.69) is 10.3 Å². The number of aliphatic imine (C=N–C) groups is 1. The number of amides is 2. The summed E-state index contributed by atoms with van der Waals surface area (Å²) in [5, 5.41) is 9.70. The first kappa shape index (κ1) is 24.1. The maximum absolute atomic E-state index is 12.8. The van der Waals surface area contributed by atoms with Crippen LogP contribution in [0.1, 0.15) is 30.0 Å². The first-order chi connectivity index (χ1) is 17.5. The van der Waals surface area contributed by atoms with Crippen LogP contribution in [-0.2, 0) is 9.59 Å². The van der Waals surface area contributed by atoms with Crippen molar-refractivity contribution in [1.29, 1.82) is 0 Å². The highest BCUT2D eigenvalue weighted by Crippen LogP contribution is 2.41. The number of para-hydroxylation sites is 2. The summed E-state index contributed by atoms with van der Waals surface area (Å²) < 4.78 is 5.62. The van der Waals surface area contributed by atoms with Crippen LogP contribution in [0.4, 0.5) is 5.69 Å². The van der Waals surface area contributed by atoms with E-state index in [1.807, 2.05) is 54.6 Å². The lowest BCUT2D eigenvalue weighted by Crippen LogP contribution is -2.25. The Morgan fingerprint density at radius 3 is 2.58 bits per heavy atom. The third-order valence-corrected chi connectivity index (χ3v) is 7.43. The number of benzene rings is 3. The molecule has 2 aliphatic rings. The minimum Gasteiger partial charge on any atom is -0.496 e. The summed E-state index contributed by atoms with van der Waals surface area (Å²) in [6, 6.07) is 24.5. The van der Waals surface area contributed by atoms with Crippen LogP contribution in [0.3, 0.4) is 0 Å². The maximum Gasteiger partial charge on any atom is 0.262 e. The molecule has 5 rings (SSSR count). The van der Waals surface area contributed by atoms with Gasteiger partial charge in [0.15, 0.2) is 5.17 Å². The highest BCUT2D eigenvalue weighted by molar-refractivity contribution is 8.15. The Bertz CT molecular complexity index is 1360. The number of halogens is 1. The first-order valence-electron chi connectivity index (χ1n) is 11.4. The number of ether oxygens (including phenoxy) is 1. The molecule has 3 aromatic carbocycles. The summed E-state index contributed by atoms with van der Waals surface area (Å²) in [7, 11) is 1.64. The van der Waals surface area contributed by atoms with Crippen LogP contribution in [0.15, 0.2) is 89.0 Å². The second-order valence-electron chi connectivity index (χ2n) is 8.29. The van der Waals surface area contributed by atoms with Crippen molar-refractivity contribution in [3.8, 4) is 5.75 Å². The lowest BCUT2D eigenvalue weighted by molar-refractivity contribution is -0.121. The molecule has 0 unspecified atom stereocenters. The Kier molecular flexibility index (Phi) is 7.06. The first-order valence-corrected chi connectivity index (χ1v) is 12.7. The molecule has 0 radical (unpaired) electrons. The predicted octanol–water partition coefficient (Wildman–Crippen LogP) is 5.53. The van der Waals surface area contributed by atoms with Crippen molar-refractivity contribution >= 4 is 51.7 Å². The molecule has 0 bridgehead atoms. The lowest BCUT2D eigenvalue weighted by atomic mass is 9.98. The van der Waals surface area contributed by atoms with E-state index in [1.165, 1.54) is 11.8 Å². The van der Waals surface area contributed by atoms with Gasteiger partial charge in [-0.15, -0.1) is 0 Å². The number of nitrogens with zero attached hydrogens (tertiary/aromatic N) is 3. The Morgan fingerprint density at radius 1 is 1.08 bits per heavy atom. The zero-order valence-electron chi connectivity index (χ0n) is 19.4. The van der Waals surface area contributed by atoms with Gasteiger partial charge in [-0.05, 0) is 23.8 Å². The van der Waals surface area contributed by atoms with Gasteiger partial charge in [-0.3, -0.25) is 9.59 Å². The third-order valence-electron chi connectivity index (χ3n) is 5.96. The summed E-state index contributed by atoms with van der Waals surface area (Å²) in [6.45, 7) is 0. The van der Waals surface area contributed by atoms with Gasteiger partial charge < -0.3 is 10.1 Å². The molecule has 36 heavy (non-hydrogen) atoms. The SMILES string of the molecule is COc1ccccc1[C@@H]1CC(c2ccccc2)=NN1C1=NC(=O)[C@H](CC(=O)Nc2ccccc2Cl)S1. The highest BCUT2D eigenvalue weighted by Gasteiger charge is 2.40. The van der Waals surface area contributed by atoms with Gasteiger partial charge in [0, 0.05) is 18.4 Å². The van der Waals surface area contributed by atoms with Crippen LogP contribution < -0.4 is 10.1 Å². The van der Waals surface area contributed by atoms with Crippen LogP contribution in [0.2, 0.25) is 5.02 Å². The van der Waals surface area contributed by atoms with Crippen molar-refractivity contribution in [3.63, 3.8) is 0 Å². The van der Waals surface area contributed by atoms with Crippen molar-refractivity contribution in [3.05, 3.63) is 95.0 Å². The van der Waals surface area contributed by atoms with Crippen molar-refractivity contribution in [2.24, 2.45) is 10.1 Å². The minimum atomic E-state index is -0.642. The molecular weight excluding hydrogens is 496 g/mol. The van der Waals surface area contributed by atoms with Gasteiger partial charge in [-0.2, -0.15) is 10.1 Å². The topological polar surface area (TPSA) is 83.4 Å². The highest BCUT2D eigenvalue weighted by atomic mass is 35.5. The van der Waals surface area contributed by atoms with E-state index < -0.39 is 5.25 Å². The number of amidine groups is 1. The molecule has 182 valence electrons. The van der Waals surface area contributed by atoms with Crippen LogP contribution in [0, 0.1) is 0 Å². The van der Waals surface area contributed by atoms with Crippen molar-refractivity contribution in [1.82, 2.24) is 5.01 Å². The average molecular weight is 519 g/mol. The third kappa shape index (κ3) is 5.01. The van der Waals surface area contributed by atoms with Crippen molar-refractivity contribution < 1.29 is 14.3 Å². The molecule has 2 amide bonds. The molecule has 9 heteroatoms. The molecule has 0 fully saturated rings. The summed E-state index contributed by atoms with van der Waals surface area (Å²) in [5.41, 5.74) is 3.35. The standard InChI is InChI=1S/C27H23ClN4O3S/c1-35-23-14-8-5-11-18(23)22-15-21(17-9-3-2-4-10-17)31-32(22)27-30-26(34)24(36-27)16-25(33)29-20-13-7-6-12-19(20)28/h2-14,22,24H,15-16H2,1H3,(H,29,33)/t22-,24-/m0/s1. The smallest absolute Gasteiger partial charge is 0.262 e. The molecule has 0 spiro atoms. The normalized spacial score (nSPS) is 19.2. The molecule has 0 saturated heterocycles. The number of rotatable bonds is 6. The second kappa shape index (κ2) is 10.6. The van der Waals surface area contributed by atoms with E-state index in [4.69, 9.17) is 21.4 Å². The molecule has 0 aromatic heterocycles. The van der Waals surface area contributed by atoms with Crippen LogP contribution in [0.25, 0.3) is 0 Å². The van der Waals surface area contributed by atoms with Crippen molar-refractivity contribution in [2.45, 2.75) is 24.1 Å². The van der Waals surface area contributed by atoms with Crippen LogP contribution >= 0.6 is 23.4 Å². The monoisotopic (exact) mass is 518 g/mol. The van der Waals surface area contributed by atoms with Gasteiger partial charge in [0.05, 0.1) is 29.6 Å². The fraction of sp³-hybridized carbons (Fsp3) is 0.185. The fourth-order valence-corrected chi connectivity index (χ4v) is 5.46. The number of anilines is 1. The maximum atomic E-state index is 12.8. The van der Waals surface area contributed by atoms with E-state index >= 15 is 0 Å². The lowest BCUT2D eigenvalue weighted by Gasteiger charge is -2.24. The quantitative estimate of drug-likeness (QED) is 0.464. The molecule has 1 N–H and O–H groups in total.